The quantitative estimate of drug-likeness (QED) is 0.939. The molecule has 4 heteroatoms. The van der Waals surface area contributed by atoms with Crippen molar-refractivity contribution in [2.75, 3.05) is 13.2 Å². The van der Waals surface area contributed by atoms with Crippen LogP contribution in [0.1, 0.15) is 31.2 Å². The summed E-state index contributed by atoms with van der Waals surface area (Å²) in [5.74, 6) is 0. The molecule has 2 aromatic rings. The van der Waals surface area contributed by atoms with E-state index in [1.165, 1.54) is 24.8 Å². The Bertz CT molecular complexity index is 552. The third kappa shape index (κ3) is 3.52. The van der Waals surface area contributed by atoms with Crippen LogP contribution in [0.5, 0.6) is 0 Å². The van der Waals surface area contributed by atoms with E-state index in [9.17, 15) is 5.11 Å². The Kier molecular flexibility index (Phi) is 4.68. The van der Waals surface area contributed by atoms with E-state index in [1.807, 2.05) is 29.1 Å². The van der Waals surface area contributed by atoms with Crippen LogP contribution in [0.25, 0.3) is 5.69 Å². The summed E-state index contributed by atoms with van der Waals surface area (Å²) in [4.78, 5) is 2.40. The zero-order valence-corrected chi connectivity index (χ0v) is 12.4. The Morgan fingerprint density at radius 1 is 1.14 bits per heavy atom. The van der Waals surface area contributed by atoms with Gasteiger partial charge in [0.25, 0.3) is 0 Å². The molecule has 0 saturated carbocycles. The molecule has 1 fully saturated rings. The van der Waals surface area contributed by atoms with Crippen molar-refractivity contribution < 1.29 is 5.11 Å². The number of hydrogen-bond donors (Lipinski definition) is 1. The van der Waals surface area contributed by atoms with Crippen LogP contribution in [0, 0.1) is 0 Å². The molecule has 1 aliphatic heterocycles. The van der Waals surface area contributed by atoms with Crippen molar-refractivity contribution in [3.05, 3.63) is 48.3 Å². The van der Waals surface area contributed by atoms with Crippen LogP contribution in [0.3, 0.4) is 0 Å². The van der Waals surface area contributed by atoms with Crippen LogP contribution < -0.4 is 0 Å². The zero-order valence-electron chi connectivity index (χ0n) is 12.4. The number of benzene rings is 1. The van der Waals surface area contributed by atoms with Crippen molar-refractivity contribution in [1.29, 1.82) is 0 Å². The van der Waals surface area contributed by atoms with Crippen LogP contribution in [-0.4, -0.2) is 39.0 Å². The number of para-hydroxylation sites is 1. The van der Waals surface area contributed by atoms with E-state index >= 15 is 0 Å². The third-order valence-electron chi connectivity index (χ3n) is 4.25. The number of nitrogens with zero attached hydrogens (tertiary/aromatic N) is 3. The molecule has 0 aliphatic carbocycles. The number of rotatable bonds is 4. The second-order valence-electron chi connectivity index (χ2n) is 5.78. The van der Waals surface area contributed by atoms with Gasteiger partial charge >= 0.3 is 0 Å². The van der Waals surface area contributed by atoms with Crippen molar-refractivity contribution in [2.24, 2.45) is 0 Å². The normalized spacial score (nSPS) is 20.3. The van der Waals surface area contributed by atoms with E-state index in [0.717, 1.165) is 25.2 Å². The van der Waals surface area contributed by atoms with Crippen LogP contribution >= 0.6 is 0 Å². The van der Waals surface area contributed by atoms with Crippen molar-refractivity contribution >= 4 is 0 Å². The number of aliphatic hydroxyl groups is 1. The Balaban J connectivity index is 1.71. The standard InChI is InChI=1S/C17H23N3O/c21-14-17-9-5-2-6-10-19(17)12-15-11-18-20(13-15)16-7-3-1-4-8-16/h1,3-4,7-8,11,13,17,21H,2,5-6,9-10,12,14H2. The molecule has 1 N–H and O–H groups in total. The summed E-state index contributed by atoms with van der Waals surface area (Å²) >= 11 is 0. The lowest BCUT2D eigenvalue weighted by Crippen LogP contribution is -2.36. The molecule has 21 heavy (non-hydrogen) atoms. The Morgan fingerprint density at radius 2 is 2.00 bits per heavy atom. The molecular formula is C17H23N3O. The van der Waals surface area contributed by atoms with Gasteiger partial charge in [0.05, 0.1) is 18.5 Å². The average molecular weight is 285 g/mol. The Hall–Kier alpha value is -1.65. The molecule has 0 bridgehead atoms. The molecule has 1 unspecified atom stereocenters. The largest absolute Gasteiger partial charge is 0.395 e. The fourth-order valence-electron chi connectivity index (χ4n) is 3.05. The molecule has 1 aliphatic rings. The van der Waals surface area contributed by atoms with E-state index in [2.05, 4.69) is 28.3 Å². The van der Waals surface area contributed by atoms with Crippen LogP contribution in [0.4, 0.5) is 0 Å². The van der Waals surface area contributed by atoms with Crippen LogP contribution in [0.15, 0.2) is 42.7 Å². The molecule has 0 amide bonds. The summed E-state index contributed by atoms with van der Waals surface area (Å²) in [5, 5.41) is 14.0. The van der Waals surface area contributed by atoms with E-state index < -0.39 is 0 Å². The first-order valence-corrected chi connectivity index (χ1v) is 7.80. The predicted molar refractivity (Wildman–Crippen MR) is 83.3 cm³/mol. The van der Waals surface area contributed by atoms with Crippen molar-refractivity contribution in [3.63, 3.8) is 0 Å². The van der Waals surface area contributed by atoms with E-state index in [-0.39, 0.29) is 6.61 Å². The predicted octanol–water partition coefficient (Wildman–Crippen LogP) is 2.61. The Morgan fingerprint density at radius 3 is 2.81 bits per heavy atom. The molecule has 1 aromatic heterocycles. The van der Waals surface area contributed by atoms with E-state index in [0.29, 0.717) is 6.04 Å². The van der Waals surface area contributed by atoms with Crippen molar-refractivity contribution in [1.82, 2.24) is 14.7 Å². The molecule has 3 rings (SSSR count). The van der Waals surface area contributed by atoms with E-state index in [4.69, 9.17) is 0 Å². The lowest BCUT2D eigenvalue weighted by atomic mass is 10.1. The summed E-state index contributed by atoms with van der Waals surface area (Å²) in [7, 11) is 0. The summed E-state index contributed by atoms with van der Waals surface area (Å²) in [6, 6.07) is 10.5. The van der Waals surface area contributed by atoms with Crippen LogP contribution in [0.2, 0.25) is 0 Å². The Labute approximate surface area is 126 Å². The molecule has 112 valence electrons. The number of aromatic nitrogens is 2. The van der Waals surface area contributed by atoms with Crippen molar-refractivity contribution in [3.8, 4) is 5.69 Å². The molecule has 0 spiro atoms. The maximum atomic E-state index is 9.59. The van der Waals surface area contributed by atoms with Gasteiger partial charge in [-0.2, -0.15) is 5.10 Å². The minimum atomic E-state index is 0.257. The maximum Gasteiger partial charge on any atom is 0.0645 e. The monoisotopic (exact) mass is 285 g/mol. The van der Waals surface area contributed by atoms with Gasteiger partial charge in [0.15, 0.2) is 0 Å². The second-order valence-corrected chi connectivity index (χ2v) is 5.78. The average Bonchev–Trinajstić information content (AvgIpc) is 2.88. The number of aliphatic hydroxyl groups excluding tert-OH is 1. The van der Waals surface area contributed by atoms with Crippen molar-refractivity contribution in [2.45, 2.75) is 38.3 Å². The lowest BCUT2D eigenvalue weighted by molar-refractivity contribution is 0.118. The highest BCUT2D eigenvalue weighted by Gasteiger charge is 2.20. The zero-order chi connectivity index (χ0) is 14.5. The first-order chi connectivity index (χ1) is 10.4. The van der Waals surface area contributed by atoms with Gasteiger partial charge in [-0.25, -0.2) is 4.68 Å². The lowest BCUT2D eigenvalue weighted by Gasteiger charge is -2.27. The fraction of sp³-hybridized carbons (Fsp3) is 0.471. The minimum absolute atomic E-state index is 0.257. The van der Waals surface area contributed by atoms with Gasteiger partial charge in [-0.05, 0) is 31.5 Å². The van der Waals surface area contributed by atoms with Gasteiger partial charge in [0, 0.05) is 24.3 Å². The molecule has 1 aromatic carbocycles. The molecule has 1 saturated heterocycles. The number of likely N-dealkylation sites (tertiary alicyclic amines) is 1. The van der Waals surface area contributed by atoms with Gasteiger partial charge < -0.3 is 5.11 Å². The van der Waals surface area contributed by atoms with Gasteiger partial charge in [0.1, 0.15) is 0 Å². The maximum absolute atomic E-state index is 9.59. The first kappa shape index (κ1) is 14.3. The number of hydrogen-bond acceptors (Lipinski definition) is 3. The topological polar surface area (TPSA) is 41.3 Å². The summed E-state index contributed by atoms with van der Waals surface area (Å²) in [6.45, 7) is 2.20. The smallest absolute Gasteiger partial charge is 0.0645 e. The summed E-state index contributed by atoms with van der Waals surface area (Å²) < 4.78 is 1.92. The highest BCUT2D eigenvalue weighted by atomic mass is 16.3. The highest BCUT2D eigenvalue weighted by molar-refractivity contribution is 5.30. The third-order valence-corrected chi connectivity index (χ3v) is 4.25. The SMILES string of the molecule is OCC1CCCCCN1Cc1cnn(-c2ccccc2)c1. The summed E-state index contributed by atoms with van der Waals surface area (Å²) in [6.07, 6.45) is 8.86. The molecule has 2 heterocycles. The van der Waals surface area contributed by atoms with E-state index in [1.54, 1.807) is 0 Å². The van der Waals surface area contributed by atoms with Gasteiger partial charge in [-0.3, -0.25) is 4.90 Å². The van der Waals surface area contributed by atoms with Gasteiger partial charge in [-0.15, -0.1) is 0 Å². The molecule has 1 atom stereocenters. The molecule has 0 radical (unpaired) electrons. The minimum Gasteiger partial charge on any atom is -0.395 e. The molecular weight excluding hydrogens is 262 g/mol. The molecule has 4 nitrogen and oxygen atoms in total. The second kappa shape index (κ2) is 6.87. The van der Waals surface area contributed by atoms with Gasteiger partial charge in [-0.1, -0.05) is 31.0 Å². The van der Waals surface area contributed by atoms with Crippen LogP contribution in [-0.2, 0) is 6.54 Å². The first-order valence-electron chi connectivity index (χ1n) is 7.80. The summed E-state index contributed by atoms with van der Waals surface area (Å²) in [5.41, 5.74) is 2.29. The van der Waals surface area contributed by atoms with Gasteiger partial charge in [0.2, 0.25) is 0 Å². The highest BCUT2D eigenvalue weighted by Crippen LogP contribution is 2.19. The fourth-order valence-corrected chi connectivity index (χ4v) is 3.05.